The topological polar surface area (TPSA) is 99.9 Å². The second kappa shape index (κ2) is 6.35. The smallest absolute Gasteiger partial charge is 0.332 e. The highest BCUT2D eigenvalue weighted by atomic mass is 16.2. The van der Waals surface area contributed by atoms with Crippen LogP contribution in [0.25, 0.3) is 11.2 Å². The number of nitrogens with one attached hydrogen (secondary N) is 1. The maximum absolute atomic E-state index is 12.6. The normalized spacial score (nSPS) is 11.5. The van der Waals surface area contributed by atoms with E-state index in [-0.39, 0.29) is 17.3 Å². The summed E-state index contributed by atoms with van der Waals surface area (Å²) in [5, 5.41) is 3.16. The molecule has 2 rings (SSSR count). The van der Waals surface area contributed by atoms with Gasteiger partial charge in [-0.3, -0.25) is 13.9 Å². The Morgan fingerprint density at radius 3 is 2.55 bits per heavy atom. The summed E-state index contributed by atoms with van der Waals surface area (Å²) in [5.74, 6) is 0.572. The van der Waals surface area contributed by atoms with Gasteiger partial charge in [-0.25, -0.2) is 4.79 Å². The molecule has 0 spiro atoms. The van der Waals surface area contributed by atoms with E-state index >= 15 is 0 Å². The van der Waals surface area contributed by atoms with Gasteiger partial charge in [0.2, 0.25) is 5.95 Å². The van der Waals surface area contributed by atoms with Crippen LogP contribution in [-0.2, 0) is 13.6 Å². The van der Waals surface area contributed by atoms with Crippen LogP contribution in [0.5, 0.6) is 0 Å². The molecule has 0 saturated carbocycles. The van der Waals surface area contributed by atoms with Crippen molar-refractivity contribution in [2.45, 2.75) is 39.8 Å². The highest BCUT2D eigenvalue weighted by molar-refractivity contribution is 5.74. The molecule has 0 atom stereocenters. The second-order valence-corrected chi connectivity index (χ2v) is 5.53. The van der Waals surface area contributed by atoms with E-state index in [1.54, 1.807) is 23.1 Å². The fourth-order valence-electron chi connectivity index (χ4n) is 2.53. The molecule has 0 saturated heterocycles. The summed E-state index contributed by atoms with van der Waals surface area (Å²) in [6.07, 6.45) is 0.805. The first-order valence-electron chi connectivity index (χ1n) is 7.59. The molecule has 22 heavy (non-hydrogen) atoms. The van der Waals surface area contributed by atoms with Crippen LogP contribution in [-0.4, -0.2) is 31.8 Å². The minimum Gasteiger partial charge on any atom is -0.356 e. The molecule has 0 aliphatic heterocycles. The van der Waals surface area contributed by atoms with Gasteiger partial charge in [-0.05, 0) is 33.7 Å². The highest BCUT2D eigenvalue weighted by Crippen LogP contribution is 2.16. The predicted molar refractivity (Wildman–Crippen MR) is 87.5 cm³/mol. The van der Waals surface area contributed by atoms with E-state index in [2.05, 4.69) is 10.3 Å². The van der Waals surface area contributed by atoms with Crippen molar-refractivity contribution < 1.29 is 0 Å². The van der Waals surface area contributed by atoms with Crippen LogP contribution in [0.1, 0.15) is 33.2 Å². The van der Waals surface area contributed by atoms with Crippen LogP contribution in [0.4, 0.5) is 5.95 Å². The van der Waals surface area contributed by atoms with Gasteiger partial charge in [0.1, 0.15) is 0 Å². The zero-order valence-corrected chi connectivity index (χ0v) is 13.6. The fraction of sp³-hybridized carbons (Fsp3) is 0.643. The van der Waals surface area contributed by atoms with E-state index in [0.717, 1.165) is 6.42 Å². The molecular formula is C14H24N6O2. The van der Waals surface area contributed by atoms with Gasteiger partial charge in [-0.1, -0.05) is 0 Å². The molecule has 8 heteroatoms. The first-order valence-corrected chi connectivity index (χ1v) is 7.59. The Kier molecular flexibility index (Phi) is 4.70. The van der Waals surface area contributed by atoms with Crippen LogP contribution in [0.15, 0.2) is 9.59 Å². The van der Waals surface area contributed by atoms with Crippen LogP contribution >= 0.6 is 0 Å². The molecular weight excluding hydrogens is 284 g/mol. The Morgan fingerprint density at radius 1 is 1.32 bits per heavy atom. The average Bonchev–Trinajstić information content (AvgIpc) is 2.76. The van der Waals surface area contributed by atoms with Crippen molar-refractivity contribution in [3.8, 4) is 0 Å². The third-order valence-electron chi connectivity index (χ3n) is 3.69. The lowest BCUT2D eigenvalue weighted by atomic mass is 10.3. The van der Waals surface area contributed by atoms with Crippen molar-refractivity contribution in [1.29, 1.82) is 0 Å². The third-order valence-corrected chi connectivity index (χ3v) is 3.69. The Balaban J connectivity index is 2.75. The zero-order chi connectivity index (χ0) is 16.4. The summed E-state index contributed by atoms with van der Waals surface area (Å²) in [4.78, 5) is 29.5. The SMILES string of the molecule is CCn1c(=O)c2c(nc(NCCCN)n2C)n(C(C)C)c1=O. The van der Waals surface area contributed by atoms with Gasteiger partial charge in [0.05, 0.1) is 0 Å². The molecule has 3 N–H and O–H groups in total. The molecule has 0 amide bonds. The second-order valence-electron chi connectivity index (χ2n) is 5.53. The molecule has 0 aromatic carbocycles. The average molecular weight is 308 g/mol. The number of rotatable bonds is 6. The molecule has 2 heterocycles. The standard InChI is InChI=1S/C14H24N6O2/c1-5-19-12(21)10-11(20(9(2)3)14(19)22)17-13(18(10)4)16-8-6-7-15/h9H,5-8,15H2,1-4H3,(H,16,17). The van der Waals surface area contributed by atoms with Gasteiger partial charge >= 0.3 is 5.69 Å². The van der Waals surface area contributed by atoms with Crippen molar-refractivity contribution in [3.63, 3.8) is 0 Å². The molecule has 0 unspecified atom stereocenters. The summed E-state index contributed by atoms with van der Waals surface area (Å²) in [6, 6.07) is -0.0832. The third kappa shape index (κ3) is 2.54. The van der Waals surface area contributed by atoms with E-state index in [0.29, 0.717) is 36.7 Å². The number of hydrogen-bond donors (Lipinski definition) is 2. The van der Waals surface area contributed by atoms with Gasteiger partial charge < -0.3 is 15.6 Å². The summed E-state index contributed by atoms with van der Waals surface area (Å²) in [6.45, 7) is 7.18. The predicted octanol–water partition coefficient (Wildman–Crippen LogP) is 0.258. The van der Waals surface area contributed by atoms with E-state index in [1.807, 2.05) is 13.8 Å². The minimum atomic E-state index is -0.318. The van der Waals surface area contributed by atoms with Crippen LogP contribution in [0, 0.1) is 0 Å². The number of anilines is 1. The van der Waals surface area contributed by atoms with Gasteiger partial charge in [0.25, 0.3) is 5.56 Å². The Bertz CT molecular complexity index is 783. The van der Waals surface area contributed by atoms with Crippen molar-refractivity contribution in [1.82, 2.24) is 18.7 Å². The molecule has 8 nitrogen and oxygen atoms in total. The number of hydrogen-bond acceptors (Lipinski definition) is 5. The number of nitrogens with zero attached hydrogens (tertiary/aromatic N) is 4. The number of fused-ring (bicyclic) bond motifs is 1. The first-order chi connectivity index (χ1) is 10.4. The molecule has 0 bridgehead atoms. The van der Waals surface area contributed by atoms with E-state index in [9.17, 15) is 9.59 Å². The lowest BCUT2D eigenvalue weighted by molar-refractivity contribution is 0.533. The van der Waals surface area contributed by atoms with Crippen molar-refractivity contribution >= 4 is 17.1 Å². The number of aromatic nitrogens is 4. The quantitative estimate of drug-likeness (QED) is 0.746. The molecule has 122 valence electrons. The lowest BCUT2D eigenvalue weighted by Crippen LogP contribution is -2.40. The maximum Gasteiger partial charge on any atom is 0.332 e. The maximum atomic E-state index is 12.6. The summed E-state index contributed by atoms with van der Waals surface area (Å²) in [7, 11) is 1.77. The molecule has 2 aromatic rings. The lowest BCUT2D eigenvalue weighted by Gasteiger charge is -2.13. The summed E-state index contributed by atoms with van der Waals surface area (Å²) < 4.78 is 4.51. The van der Waals surface area contributed by atoms with E-state index in [1.165, 1.54) is 4.57 Å². The zero-order valence-electron chi connectivity index (χ0n) is 13.6. The highest BCUT2D eigenvalue weighted by Gasteiger charge is 2.20. The number of imidazole rings is 1. The van der Waals surface area contributed by atoms with Crippen LogP contribution < -0.4 is 22.3 Å². The first kappa shape index (κ1) is 16.3. The van der Waals surface area contributed by atoms with Gasteiger partial charge in [-0.15, -0.1) is 0 Å². The minimum absolute atomic E-state index is 0.0832. The summed E-state index contributed by atoms with van der Waals surface area (Å²) in [5.41, 5.74) is 5.72. The Morgan fingerprint density at radius 2 is 2.00 bits per heavy atom. The largest absolute Gasteiger partial charge is 0.356 e. The van der Waals surface area contributed by atoms with Crippen molar-refractivity contribution in [3.05, 3.63) is 20.8 Å². The number of nitrogens with two attached hydrogens (primary N) is 1. The van der Waals surface area contributed by atoms with Gasteiger partial charge in [0.15, 0.2) is 11.2 Å². The van der Waals surface area contributed by atoms with E-state index in [4.69, 9.17) is 5.73 Å². The fourth-order valence-corrected chi connectivity index (χ4v) is 2.53. The molecule has 2 aromatic heterocycles. The molecule has 0 aliphatic carbocycles. The van der Waals surface area contributed by atoms with Gasteiger partial charge in [0, 0.05) is 26.2 Å². The Hall–Kier alpha value is -2.09. The monoisotopic (exact) mass is 308 g/mol. The number of aryl methyl sites for hydroxylation is 1. The van der Waals surface area contributed by atoms with Crippen LogP contribution in [0.3, 0.4) is 0 Å². The van der Waals surface area contributed by atoms with Crippen molar-refractivity contribution in [2.75, 3.05) is 18.4 Å². The van der Waals surface area contributed by atoms with Gasteiger partial charge in [-0.2, -0.15) is 4.98 Å². The van der Waals surface area contributed by atoms with E-state index < -0.39 is 0 Å². The molecule has 0 fully saturated rings. The molecule has 0 aliphatic rings. The van der Waals surface area contributed by atoms with Crippen LogP contribution in [0.2, 0.25) is 0 Å². The van der Waals surface area contributed by atoms with Crippen molar-refractivity contribution in [2.24, 2.45) is 12.8 Å². The Labute approximate surface area is 128 Å². The molecule has 0 radical (unpaired) electrons. The summed E-state index contributed by atoms with van der Waals surface area (Å²) >= 11 is 0.